The zero-order valence-electron chi connectivity index (χ0n) is 9.85. The van der Waals surface area contributed by atoms with E-state index in [1.54, 1.807) is 18.2 Å². The van der Waals surface area contributed by atoms with E-state index in [1.807, 2.05) is 6.92 Å². The second kappa shape index (κ2) is 3.84. The molecule has 96 valence electrons. The normalized spacial score (nSPS) is 11.0. The Labute approximate surface area is 105 Å². The Kier molecular flexibility index (Phi) is 2.28. The molecule has 1 aromatic carbocycles. The van der Waals surface area contributed by atoms with Crippen LogP contribution in [0.3, 0.4) is 0 Å². The van der Waals surface area contributed by atoms with Gasteiger partial charge in [-0.1, -0.05) is 6.07 Å². The van der Waals surface area contributed by atoms with Crippen LogP contribution in [0.15, 0.2) is 32.2 Å². The number of aromatic amines is 2. The smallest absolute Gasteiger partial charge is 0.351 e. The zero-order chi connectivity index (χ0) is 13.6. The molecular weight excluding hydrogens is 250 g/mol. The molecule has 0 aliphatic rings. The Morgan fingerprint density at radius 3 is 2.79 bits per heavy atom. The van der Waals surface area contributed by atoms with Crippen molar-refractivity contribution in [2.45, 2.75) is 6.92 Å². The summed E-state index contributed by atoms with van der Waals surface area (Å²) in [6.45, 7) is 1.84. The fourth-order valence-electron chi connectivity index (χ4n) is 1.89. The minimum Gasteiger partial charge on any atom is -0.506 e. The summed E-state index contributed by atoms with van der Waals surface area (Å²) in [4.78, 5) is 25.2. The first kappa shape index (κ1) is 11.3. The summed E-state index contributed by atoms with van der Waals surface area (Å²) < 4.78 is 5.13. The first-order valence-corrected chi connectivity index (χ1v) is 5.48. The number of benzene rings is 1. The van der Waals surface area contributed by atoms with Crippen LogP contribution in [0.1, 0.15) is 5.56 Å². The molecule has 2 aromatic heterocycles. The van der Waals surface area contributed by atoms with E-state index >= 15 is 0 Å². The summed E-state index contributed by atoms with van der Waals surface area (Å²) in [7, 11) is 0. The van der Waals surface area contributed by atoms with Gasteiger partial charge in [-0.3, -0.25) is 4.98 Å². The van der Waals surface area contributed by atoms with Crippen molar-refractivity contribution in [3.63, 3.8) is 0 Å². The number of fused-ring (bicyclic) bond motifs is 1. The average molecular weight is 259 g/mol. The summed E-state index contributed by atoms with van der Waals surface area (Å²) in [5.74, 6) is -0.326. The van der Waals surface area contributed by atoms with Gasteiger partial charge in [0, 0.05) is 0 Å². The summed E-state index contributed by atoms with van der Waals surface area (Å²) in [5.41, 5.74) is -0.328. The lowest BCUT2D eigenvalue weighted by Crippen LogP contribution is -2.06. The largest absolute Gasteiger partial charge is 0.506 e. The maximum atomic E-state index is 11.9. The number of aryl methyl sites for hydroxylation is 1. The van der Waals surface area contributed by atoms with Crippen LogP contribution < -0.4 is 11.3 Å². The molecule has 0 atom stereocenters. The van der Waals surface area contributed by atoms with Crippen LogP contribution in [0.5, 0.6) is 5.75 Å². The lowest BCUT2D eigenvalue weighted by atomic mass is 10.1. The predicted octanol–water partition coefficient (Wildman–Crippen LogP) is 0.885. The minimum absolute atomic E-state index is 0.0567. The zero-order valence-corrected chi connectivity index (χ0v) is 9.85. The van der Waals surface area contributed by atoms with Crippen LogP contribution in [-0.4, -0.2) is 20.3 Å². The SMILES string of the molecule is Cc1ccc2c(O)c(-c3n[nH]c(=O)[nH]3)c(=O)oc2c1. The third kappa shape index (κ3) is 1.71. The van der Waals surface area contributed by atoms with Crippen LogP contribution in [0.2, 0.25) is 0 Å². The lowest BCUT2D eigenvalue weighted by molar-refractivity contribution is 0.470. The van der Waals surface area contributed by atoms with E-state index in [9.17, 15) is 14.7 Å². The Hall–Kier alpha value is -2.83. The maximum Gasteiger partial charge on any atom is 0.351 e. The molecule has 7 nitrogen and oxygen atoms in total. The van der Waals surface area contributed by atoms with Crippen LogP contribution >= 0.6 is 0 Å². The highest BCUT2D eigenvalue weighted by Crippen LogP contribution is 2.31. The first-order chi connectivity index (χ1) is 9.06. The van der Waals surface area contributed by atoms with Crippen molar-refractivity contribution in [2.24, 2.45) is 0 Å². The van der Waals surface area contributed by atoms with Gasteiger partial charge in [0.1, 0.15) is 16.9 Å². The molecule has 0 unspecified atom stereocenters. The monoisotopic (exact) mass is 259 g/mol. The predicted molar refractivity (Wildman–Crippen MR) is 67.1 cm³/mol. The molecule has 0 aliphatic heterocycles. The summed E-state index contributed by atoms with van der Waals surface area (Å²) >= 11 is 0. The molecule has 0 saturated carbocycles. The number of nitrogens with zero attached hydrogens (tertiary/aromatic N) is 1. The molecule has 0 aliphatic carbocycles. The van der Waals surface area contributed by atoms with Crippen molar-refractivity contribution >= 4 is 11.0 Å². The quantitative estimate of drug-likeness (QED) is 0.562. The summed E-state index contributed by atoms with van der Waals surface area (Å²) in [6, 6.07) is 5.06. The van der Waals surface area contributed by atoms with Gasteiger partial charge in [-0.15, -0.1) is 0 Å². The second-order valence-corrected chi connectivity index (χ2v) is 4.14. The molecule has 19 heavy (non-hydrogen) atoms. The minimum atomic E-state index is -0.765. The molecule has 0 radical (unpaired) electrons. The van der Waals surface area contributed by atoms with E-state index in [4.69, 9.17) is 4.42 Å². The Bertz CT molecular complexity index is 888. The standard InChI is InChI=1S/C12H9N3O4/c1-5-2-3-6-7(4-5)19-11(17)8(9(6)16)10-13-12(18)15-14-10/h2-4,16H,1H3,(H2,13,14,15,18). The van der Waals surface area contributed by atoms with Crippen LogP contribution in [0.25, 0.3) is 22.4 Å². The highest BCUT2D eigenvalue weighted by molar-refractivity contribution is 5.89. The number of hydrogen-bond acceptors (Lipinski definition) is 5. The summed E-state index contributed by atoms with van der Waals surface area (Å²) in [5, 5.41) is 16.3. The number of aromatic hydroxyl groups is 1. The second-order valence-electron chi connectivity index (χ2n) is 4.14. The van der Waals surface area contributed by atoms with Gasteiger partial charge in [-0.05, 0) is 24.6 Å². The Balaban J connectivity index is 2.41. The van der Waals surface area contributed by atoms with Gasteiger partial charge in [0.15, 0.2) is 5.82 Å². The fourth-order valence-corrected chi connectivity index (χ4v) is 1.89. The molecule has 0 saturated heterocycles. The van der Waals surface area contributed by atoms with Gasteiger partial charge < -0.3 is 9.52 Å². The van der Waals surface area contributed by atoms with E-state index in [1.165, 1.54) is 0 Å². The number of nitrogens with one attached hydrogen (secondary N) is 2. The molecule has 3 N–H and O–H groups in total. The lowest BCUT2D eigenvalue weighted by Gasteiger charge is -2.04. The molecule has 0 spiro atoms. The van der Waals surface area contributed by atoms with Crippen molar-refractivity contribution in [2.75, 3.05) is 0 Å². The number of aromatic nitrogens is 3. The number of H-pyrrole nitrogens is 2. The van der Waals surface area contributed by atoms with Crippen molar-refractivity contribution in [3.05, 3.63) is 44.7 Å². The molecule has 0 bridgehead atoms. The summed E-state index contributed by atoms with van der Waals surface area (Å²) in [6.07, 6.45) is 0. The molecule has 7 heteroatoms. The van der Waals surface area contributed by atoms with Crippen LogP contribution in [0.4, 0.5) is 0 Å². The van der Waals surface area contributed by atoms with E-state index in [2.05, 4.69) is 15.2 Å². The Morgan fingerprint density at radius 2 is 2.11 bits per heavy atom. The van der Waals surface area contributed by atoms with Crippen LogP contribution in [0, 0.1) is 6.92 Å². The van der Waals surface area contributed by atoms with Gasteiger partial charge in [-0.25, -0.2) is 14.7 Å². The fraction of sp³-hybridized carbons (Fsp3) is 0.0833. The topological polar surface area (TPSA) is 112 Å². The molecule has 0 amide bonds. The molecular formula is C12H9N3O4. The third-order valence-electron chi connectivity index (χ3n) is 2.77. The molecule has 0 fully saturated rings. The van der Waals surface area contributed by atoms with Gasteiger partial charge in [-0.2, -0.15) is 5.10 Å². The number of rotatable bonds is 1. The highest BCUT2D eigenvalue weighted by Gasteiger charge is 2.18. The van der Waals surface area contributed by atoms with Gasteiger partial charge >= 0.3 is 11.3 Å². The van der Waals surface area contributed by atoms with Gasteiger partial charge in [0.2, 0.25) is 0 Å². The van der Waals surface area contributed by atoms with Gasteiger partial charge in [0.05, 0.1) is 5.39 Å². The number of hydrogen-bond donors (Lipinski definition) is 3. The van der Waals surface area contributed by atoms with E-state index < -0.39 is 11.3 Å². The van der Waals surface area contributed by atoms with Crippen molar-refractivity contribution in [1.29, 1.82) is 0 Å². The van der Waals surface area contributed by atoms with Crippen LogP contribution in [-0.2, 0) is 0 Å². The molecule has 3 aromatic rings. The van der Waals surface area contributed by atoms with Crippen molar-refractivity contribution in [3.8, 4) is 17.1 Å². The first-order valence-electron chi connectivity index (χ1n) is 5.48. The van der Waals surface area contributed by atoms with Crippen molar-refractivity contribution < 1.29 is 9.52 Å². The van der Waals surface area contributed by atoms with Crippen molar-refractivity contribution in [1.82, 2.24) is 15.2 Å². The third-order valence-corrected chi connectivity index (χ3v) is 2.77. The Morgan fingerprint density at radius 1 is 1.32 bits per heavy atom. The highest BCUT2D eigenvalue weighted by atomic mass is 16.4. The molecule has 3 rings (SSSR count). The van der Waals surface area contributed by atoms with E-state index in [0.29, 0.717) is 5.39 Å². The van der Waals surface area contributed by atoms with E-state index in [0.717, 1.165) is 5.56 Å². The van der Waals surface area contributed by atoms with Gasteiger partial charge in [0.25, 0.3) is 0 Å². The molecule has 2 heterocycles. The maximum absolute atomic E-state index is 11.9. The average Bonchev–Trinajstić information content (AvgIpc) is 2.75. The van der Waals surface area contributed by atoms with E-state index in [-0.39, 0.29) is 22.7 Å².